The number of likely N-dealkylation sites (N-methyl/N-ethyl adjacent to an activating group) is 1. The van der Waals surface area contributed by atoms with Crippen LogP contribution in [0.4, 0.5) is 5.82 Å². The van der Waals surface area contributed by atoms with Crippen LogP contribution in [-0.4, -0.2) is 52.2 Å². The summed E-state index contributed by atoms with van der Waals surface area (Å²) in [5.74, 6) is 0.893. The molecule has 0 bridgehead atoms. The SMILES string of the molecule is Cc1ccc(N2CC(N(C)C(=O)c3sc(-c4ccccc4)nc3C)C2)nn1. The lowest BCUT2D eigenvalue weighted by Crippen LogP contribution is -2.60. The van der Waals surface area contributed by atoms with Gasteiger partial charge in [-0.1, -0.05) is 30.3 Å². The van der Waals surface area contributed by atoms with Gasteiger partial charge in [-0.05, 0) is 26.0 Å². The van der Waals surface area contributed by atoms with Crippen LogP contribution in [0, 0.1) is 13.8 Å². The van der Waals surface area contributed by atoms with Crippen LogP contribution in [-0.2, 0) is 0 Å². The molecular formula is C20H21N5OS. The molecule has 4 rings (SSSR count). The molecule has 3 aromatic rings. The van der Waals surface area contributed by atoms with E-state index in [2.05, 4.69) is 20.1 Å². The van der Waals surface area contributed by atoms with Crippen LogP contribution in [0.25, 0.3) is 10.6 Å². The van der Waals surface area contributed by atoms with Gasteiger partial charge in [0.1, 0.15) is 9.88 Å². The minimum absolute atomic E-state index is 0.0341. The summed E-state index contributed by atoms with van der Waals surface area (Å²) in [4.78, 5) is 22.3. The molecule has 27 heavy (non-hydrogen) atoms. The lowest BCUT2D eigenvalue weighted by atomic mass is 10.1. The molecule has 7 heteroatoms. The van der Waals surface area contributed by atoms with Crippen molar-refractivity contribution in [3.05, 3.63) is 58.7 Å². The third-order valence-electron chi connectivity index (χ3n) is 4.85. The molecule has 1 aliphatic heterocycles. The highest BCUT2D eigenvalue weighted by Crippen LogP contribution is 2.30. The van der Waals surface area contributed by atoms with Crippen LogP contribution in [0.15, 0.2) is 42.5 Å². The molecule has 6 nitrogen and oxygen atoms in total. The van der Waals surface area contributed by atoms with E-state index in [0.717, 1.165) is 40.9 Å². The van der Waals surface area contributed by atoms with Crippen molar-refractivity contribution < 1.29 is 4.79 Å². The number of nitrogens with zero attached hydrogens (tertiary/aromatic N) is 5. The van der Waals surface area contributed by atoms with Crippen LogP contribution < -0.4 is 4.90 Å². The summed E-state index contributed by atoms with van der Waals surface area (Å²) in [5, 5.41) is 9.20. The van der Waals surface area contributed by atoms with Crippen LogP contribution >= 0.6 is 11.3 Å². The van der Waals surface area contributed by atoms with E-state index in [-0.39, 0.29) is 11.9 Å². The molecule has 1 aliphatic rings. The van der Waals surface area contributed by atoms with Gasteiger partial charge in [0, 0.05) is 25.7 Å². The van der Waals surface area contributed by atoms with E-state index in [1.807, 2.05) is 68.3 Å². The zero-order valence-electron chi connectivity index (χ0n) is 15.6. The fraction of sp³-hybridized carbons (Fsp3) is 0.300. The highest BCUT2D eigenvalue weighted by Gasteiger charge is 2.34. The monoisotopic (exact) mass is 379 g/mol. The Bertz CT molecular complexity index is 948. The molecular weight excluding hydrogens is 358 g/mol. The maximum Gasteiger partial charge on any atom is 0.265 e. The summed E-state index contributed by atoms with van der Waals surface area (Å²) in [6, 6.07) is 14.1. The quantitative estimate of drug-likeness (QED) is 0.697. The topological polar surface area (TPSA) is 62.2 Å². The second-order valence-electron chi connectivity index (χ2n) is 6.81. The van der Waals surface area contributed by atoms with Gasteiger partial charge in [0.05, 0.1) is 17.4 Å². The molecule has 1 amide bonds. The number of anilines is 1. The predicted octanol–water partition coefficient (Wildman–Crippen LogP) is 3.18. The summed E-state index contributed by atoms with van der Waals surface area (Å²) < 4.78 is 0. The number of benzene rings is 1. The van der Waals surface area contributed by atoms with Gasteiger partial charge in [0.2, 0.25) is 0 Å². The standard InChI is InChI=1S/C20H21N5OS/c1-13-9-10-17(23-22-13)25-11-16(12-25)24(3)20(26)18-14(2)21-19(27-18)15-7-5-4-6-8-15/h4-10,16H,11-12H2,1-3H3. The van der Waals surface area contributed by atoms with Crippen molar-refractivity contribution in [2.75, 3.05) is 25.0 Å². The van der Waals surface area contributed by atoms with Gasteiger partial charge >= 0.3 is 0 Å². The van der Waals surface area contributed by atoms with Crippen LogP contribution in [0.3, 0.4) is 0 Å². The smallest absolute Gasteiger partial charge is 0.265 e. The number of rotatable bonds is 4. The third-order valence-corrected chi connectivity index (χ3v) is 6.04. The van der Waals surface area contributed by atoms with Gasteiger partial charge < -0.3 is 9.80 Å². The zero-order valence-corrected chi connectivity index (χ0v) is 16.4. The molecule has 138 valence electrons. The van der Waals surface area contributed by atoms with Crippen LogP contribution in [0.5, 0.6) is 0 Å². The Balaban J connectivity index is 1.44. The fourth-order valence-electron chi connectivity index (χ4n) is 3.07. The number of hydrogen-bond donors (Lipinski definition) is 0. The number of carbonyl (C=O) groups is 1. The third kappa shape index (κ3) is 3.42. The average Bonchev–Trinajstić information content (AvgIpc) is 3.04. The van der Waals surface area contributed by atoms with E-state index in [0.29, 0.717) is 4.88 Å². The van der Waals surface area contributed by atoms with Crippen molar-refractivity contribution in [2.24, 2.45) is 0 Å². The Morgan fingerprint density at radius 1 is 1.11 bits per heavy atom. The van der Waals surface area contributed by atoms with Crippen LogP contribution in [0.2, 0.25) is 0 Å². The summed E-state index contributed by atoms with van der Waals surface area (Å²) >= 11 is 1.46. The summed E-state index contributed by atoms with van der Waals surface area (Å²) in [5.41, 5.74) is 2.73. The number of hydrogen-bond acceptors (Lipinski definition) is 6. The van der Waals surface area contributed by atoms with Crippen molar-refractivity contribution in [3.63, 3.8) is 0 Å². The molecule has 0 N–H and O–H groups in total. The van der Waals surface area contributed by atoms with Crippen molar-refractivity contribution in [1.82, 2.24) is 20.1 Å². The van der Waals surface area contributed by atoms with Crippen LogP contribution in [0.1, 0.15) is 21.1 Å². The van der Waals surface area contributed by atoms with Gasteiger partial charge in [-0.15, -0.1) is 16.4 Å². The first-order valence-corrected chi connectivity index (χ1v) is 9.70. The largest absolute Gasteiger partial charge is 0.351 e. The van der Waals surface area contributed by atoms with Gasteiger partial charge in [-0.3, -0.25) is 4.79 Å². The van der Waals surface area contributed by atoms with E-state index in [4.69, 9.17) is 0 Å². The number of aryl methyl sites for hydroxylation is 2. The zero-order chi connectivity index (χ0) is 19.0. The van der Waals surface area contributed by atoms with E-state index < -0.39 is 0 Å². The van der Waals surface area contributed by atoms with Crippen molar-refractivity contribution in [2.45, 2.75) is 19.9 Å². The Kier molecular flexibility index (Phi) is 4.61. The minimum atomic E-state index is 0.0341. The molecule has 3 heterocycles. The molecule has 1 saturated heterocycles. The highest BCUT2D eigenvalue weighted by molar-refractivity contribution is 7.17. The highest BCUT2D eigenvalue weighted by atomic mass is 32.1. The van der Waals surface area contributed by atoms with Gasteiger partial charge in [-0.25, -0.2) is 4.98 Å². The van der Waals surface area contributed by atoms with E-state index in [1.165, 1.54) is 11.3 Å². The first kappa shape index (κ1) is 17.6. The number of thiazole rings is 1. The number of amides is 1. The number of carbonyl (C=O) groups excluding carboxylic acids is 1. The lowest BCUT2D eigenvalue weighted by Gasteiger charge is -2.44. The van der Waals surface area contributed by atoms with Crippen molar-refractivity contribution in [3.8, 4) is 10.6 Å². The van der Waals surface area contributed by atoms with E-state index >= 15 is 0 Å². The second-order valence-corrected chi connectivity index (χ2v) is 7.81. The summed E-state index contributed by atoms with van der Waals surface area (Å²) in [6.07, 6.45) is 0. The Labute approximate surface area is 162 Å². The van der Waals surface area contributed by atoms with E-state index in [1.54, 1.807) is 0 Å². The Morgan fingerprint density at radius 2 is 1.85 bits per heavy atom. The minimum Gasteiger partial charge on any atom is -0.351 e. The average molecular weight is 379 g/mol. The normalized spacial score (nSPS) is 14.1. The summed E-state index contributed by atoms with van der Waals surface area (Å²) in [6.45, 7) is 5.36. The summed E-state index contributed by atoms with van der Waals surface area (Å²) in [7, 11) is 1.87. The molecule has 0 aliphatic carbocycles. The van der Waals surface area contributed by atoms with Gasteiger partial charge in [0.25, 0.3) is 5.91 Å². The predicted molar refractivity (Wildman–Crippen MR) is 107 cm³/mol. The number of aromatic nitrogens is 3. The molecule has 1 aromatic carbocycles. The molecule has 1 fully saturated rings. The lowest BCUT2D eigenvalue weighted by molar-refractivity contribution is 0.0709. The first-order chi connectivity index (χ1) is 13.0. The molecule has 0 spiro atoms. The molecule has 2 aromatic heterocycles. The second kappa shape index (κ2) is 7.08. The van der Waals surface area contributed by atoms with E-state index in [9.17, 15) is 4.79 Å². The first-order valence-electron chi connectivity index (χ1n) is 8.88. The fourth-order valence-corrected chi connectivity index (χ4v) is 4.13. The molecule has 0 saturated carbocycles. The maximum atomic E-state index is 13.0. The molecule has 0 radical (unpaired) electrons. The Morgan fingerprint density at radius 3 is 2.52 bits per heavy atom. The van der Waals surface area contributed by atoms with Gasteiger partial charge in [-0.2, -0.15) is 5.10 Å². The molecule has 0 atom stereocenters. The Hall–Kier alpha value is -2.80. The van der Waals surface area contributed by atoms with Gasteiger partial charge in [0.15, 0.2) is 5.82 Å². The van der Waals surface area contributed by atoms with Crippen molar-refractivity contribution >= 4 is 23.1 Å². The molecule has 0 unspecified atom stereocenters. The maximum absolute atomic E-state index is 13.0. The van der Waals surface area contributed by atoms with Crippen molar-refractivity contribution in [1.29, 1.82) is 0 Å².